The van der Waals surface area contributed by atoms with E-state index in [0.29, 0.717) is 10.9 Å². The first-order chi connectivity index (χ1) is 11.2. The average molecular weight is 358 g/mol. The predicted octanol–water partition coefficient (Wildman–Crippen LogP) is 3.95. The highest BCUT2D eigenvalue weighted by Gasteiger charge is 2.30. The minimum absolute atomic E-state index is 0.0615. The summed E-state index contributed by atoms with van der Waals surface area (Å²) in [6.07, 6.45) is -3.19. The van der Waals surface area contributed by atoms with Crippen molar-refractivity contribution >= 4 is 17.7 Å². The lowest BCUT2D eigenvalue weighted by molar-refractivity contribution is -0.138. The van der Waals surface area contributed by atoms with Gasteiger partial charge in [-0.3, -0.25) is 4.79 Å². The SMILES string of the molecule is CSc1nc(C)nc(Oc2cccc(C(F)(F)F)c2)c1CC(=O)O. The average Bonchev–Trinajstić information content (AvgIpc) is 2.48. The number of aliphatic carboxylic acids is 1. The molecule has 0 bridgehead atoms. The van der Waals surface area contributed by atoms with Crippen LogP contribution in [0.5, 0.6) is 11.6 Å². The van der Waals surface area contributed by atoms with Crippen molar-refractivity contribution in [3.05, 3.63) is 41.2 Å². The third-order valence-electron chi connectivity index (χ3n) is 2.94. The molecule has 0 fully saturated rings. The number of alkyl halides is 3. The van der Waals surface area contributed by atoms with Crippen LogP contribution in [0.2, 0.25) is 0 Å². The first kappa shape index (κ1) is 18.1. The number of carbonyl (C=O) groups is 1. The van der Waals surface area contributed by atoms with Crippen molar-refractivity contribution in [1.82, 2.24) is 9.97 Å². The van der Waals surface area contributed by atoms with Gasteiger partial charge in [-0.25, -0.2) is 4.98 Å². The Hall–Kier alpha value is -2.29. The zero-order valence-corrected chi connectivity index (χ0v) is 13.5. The number of aromatic nitrogens is 2. The molecule has 0 spiro atoms. The molecule has 0 saturated carbocycles. The molecule has 0 aliphatic carbocycles. The summed E-state index contributed by atoms with van der Waals surface area (Å²) < 4.78 is 43.8. The van der Waals surface area contributed by atoms with E-state index in [1.165, 1.54) is 23.9 Å². The highest BCUT2D eigenvalue weighted by Crippen LogP contribution is 2.34. The Kier molecular flexibility index (Phi) is 5.33. The topological polar surface area (TPSA) is 72.3 Å². The van der Waals surface area contributed by atoms with Crippen LogP contribution < -0.4 is 4.74 Å². The van der Waals surface area contributed by atoms with E-state index in [0.717, 1.165) is 12.1 Å². The zero-order chi connectivity index (χ0) is 17.9. The number of hydrogen-bond acceptors (Lipinski definition) is 5. The van der Waals surface area contributed by atoms with Gasteiger partial charge in [0.2, 0.25) is 5.88 Å². The standard InChI is InChI=1S/C15H13F3N2O3S/c1-8-19-13(11(7-12(21)22)14(20-8)24-2)23-10-5-3-4-9(6-10)15(16,17)18/h3-6H,7H2,1-2H3,(H,21,22). The van der Waals surface area contributed by atoms with Gasteiger partial charge in [0.15, 0.2) is 0 Å². The van der Waals surface area contributed by atoms with Crippen molar-refractivity contribution in [2.24, 2.45) is 0 Å². The van der Waals surface area contributed by atoms with Crippen LogP contribution in [-0.4, -0.2) is 27.3 Å². The number of rotatable bonds is 5. The molecule has 1 heterocycles. The van der Waals surface area contributed by atoms with Gasteiger partial charge in [0.1, 0.15) is 16.6 Å². The molecule has 1 aromatic heterocycles. The predicted molar refractivity (Wildman–Crippen MR) is 81.4 cm³/mol. The van der Waals surface area contributed by atoms with Crippen molar-refractivity contribution in [3.63, 3.8) is 0 Å². The lowest BCUT2D eigenvalue weighted by atomic mass is 10.2. The second-order valence-electron chi connectivity index (χ2n) is 4.76. The molecule has 0 radical (unpaired) electrons. The van der Waals surface area contributed by atoms with Gasteiger partial charge in [-0.1, -0.05) is 6.07 Å². The van der Waals surface area contributed by atoms with E-state index in [-0.39, 0.29) is 17.2 Å². The summed E-state index contributed by atoms with van der Waals surface area (Å²) in [7, 11) is 0. The lowest BCUT2D eigenvalue weighted by Gasteiger charge is -2.14. The number of thioether (sulfide) groups is 1. The number of aryl methyl sites for hydroxylation is 1. The summed E-state index contributed by atoms with van der Waals surface area (Å²) in [5, 5.41) is 9.44. The van der Waals surface area contributed by atoms with Crippen LogP contribution in [0.4, 0.5) is 13.2 Å². The van der Waals surface area contributed by atoms with Gasteiger partial charge in [-0.2, -0.15) is 18.2 Å². The molecule has 128 valence electrons. The Morgan fingerprint density at radius 3 is 2.62 bits per heavy atom. The molecular formula is C15H13F3N2O3S. The van der Waals surface area contributed by atoms with E-state index in [1.807, 2.05) is 0 Å². The van der Waals surface area contributed by atoms with Crippen molar-refractivity contribution in [1.29, 1.82) is 0 Å². The Balaban J connectivity index is 2.45. The third-order valence-corrected chi connectivity index (χ3v) is 3.66. The molecule has 0 atom stereocenters. The van der Waals surface area contributed by atoms with Gasteiger partial charge in [-0.05, 0) is 31.4 Å². The van der Waals surface area contributed by atoms with Crippen LogP contribution in [0.1, 0.15) is 17.0 Å². The number of benzene rings is 1. The molecule has 0 aliphatic rings. The monoisotopic (exact) mass is 358 g/mol. The Morgan fingerprint density at radius 1 is 1.33 bits per heavy atom. The summed E-state index contributed by atoms with van der Waals surface area (Å²) >= 11 is 1.21. The fraction of sp³-hybridized carbons (Fsp3) is 0.267. The maximum Gasteiger partial charge on any atom is 0.416 e. The summed E-state index contributed by atoms with van der Waals surface area (Å²) in [6.45, 7) is 1.59. The quantitative estimate of drug-likeness (QED) is 0.645. The first-order valence-corrected chi connectivity index (χ1v) is 7.91. The normalized spacial score (nSPS) is 11.4. The summed E-state index contributed by atoms with van der Waals surface area (Å²) in [5.74, 6) is -0.933. The molecule has 1 aromatic carbocycles. The molecule has 2 rings (SSSR count). The van der Waals surface area contributed by atoms with Gasteiger partial charge < -0.3 is 9.84 Å². The summed E-state index contributed by atoms with van der Waals surface area (Å²) in [5.41, 5.74) is -0.645. The number of ether oxygens (including phenoxy) is 1. The molecular weight excluding hydrogens is 345 g/mol. The number of hydrogen-bond donors (Lipinski definition) is 1. The molecule has 9 heteroatoms. The molecule has 2 aromatic rings. The van der Waals surface area contributed by atoms with Gasteiger partial charge in [0, 0.05) is 0 Å². The maximum absolute atomic E-state index is 12.8. The number of carboxylic acid groups (broad SMARTS) is 1. The maximum atomic E-state index is 12.8. The van der Waals surface area contributed by atoms with Crippen molar-refractivity contribution < 1.29 is 27.8 Å². The van der Waals surface area contributed by atoms with E-state index in [2.05, 4.69) is 9.97 Å². The fourth-order valence-corrected chi connectivity index (χ4v) is 2.58. The van der Waals surface area contributed by atoms with Gasteiger partial charge >= 0.3 is 12.1 Å². The van der Waals surface area contributed by atoms with E-state index >= 15 is 0 Å². The van der Waals surface area contributed by atoms with E-state index in [4.69, 9.17) is 9.84 Å². The van der Waals surface area contributed by atoms with Crippen molar-refractivity contribution in [2.45, 2.75) is 24.5 Å². The van der Waals surface area contributed by atoms with Gasteiger partial charge in [0.25, 0.3) is 0 Å². The summed E-state index contributed by atoms with van der Waals surface area (Å²) in [4.78, 5) is 19.2. The lowest BCUT2D eigenvalue weighted by Crippen LogP contribution is -2.08. The Bertz CT molecular complexity index is 766. The molecule has 0 aliphatic heterocycles. The number of halogens is 3. The second-order valence-corrected chi connectivity index (χ2v) is 5.56. The molecule has 5 nitrogen and oxygen atoms in total. The zero-order valence-electron chi connectivity index (χ0n) is 12.7. The smallest absolute Gasteiger partial charge is 0.416 e. The van der Waals surface area contributed by atoms with Gasteiger partial charge in [0.05, 0.1) is 17.5 Å². The number of nitrogens with zero attached hydrogens (tertiary/aromatic N) is 2. The molecule has 0 unspecified atom stereocenters. The van der Waals surface area contributed by atoms with Gasteiger partial charge in [-0.15, -0.1) is 11.8 Å². The van der Waals surface area contributed by atoms with Crippen LogP contribution in [0, 0.1) is 6.92 Å². The molecule has 24 heavy (non-hydrogen) atoms. The first-order valence-electron chi connectivity index (χ1n) is 6.69. The van der Waals surface area contributed by atoms with E-state index in [9.17, 15) is 18.0 Å². The molecule has 0 saturated heterocycles. The van der Waals surface area contributed by atoms with Crippen LogP contribution in [0.15, 0.2) is 29.3 Å². The van der Waals surface area contributed by atoms with Crippen LogP contribution >= 0.6 is 11.8 Å². The summed E-state index contributed by atoms with van der Waals surface area (Å²) in [6, 6.07) is 4.30. The molecule has 1 N–H and O–H groups in total. The fourth-order valence-electron chi connectivity index (χ4n) is 1.95. The minimum Gasteiger partial charge on any atom is -0.481 e. The minimum atomic E-state index is -4.50. The van der Waals surface area contributed by atoms with E-state index in [1.54, 1.807) is 13.2 Å². The number of carboxylic acids is 1. The van der Waals surface area contributed by atoms with Crippen LogP contribution in [-0.2, 0) is 17.4 Å². The Morgan fingerprint density at radius 2 is 2.04 bits per heavy atom. The molecule has 0 amide bonds. The van der Waals surface area contributed by atoms with E-state index < -0.39 is 24.1 Å². The third kappa shape index (κ3) is 4.38. The van der Waals surface area contributed by atoms with Crippen LogP contribution in [0.3, 0.4) is 0 Å². The van der Waals surface area contributed by atoms with Crippen molar-refractivity contribution in [2.75, 3.05) is 6.26 Å². The second kappa shape index (κ2) is 7.08. The largest absolute Gasteiger partial charge is 0.481 e. The van der Waals surface area contributed by atoms with Crippen LogP contribution in [0.25, 0.3) is 0 Å². The Labute approximate surface area is 139 Å². The van der Waals surface area contributed by atoms with Crippen molar-refractivity contribution in [3.8, 4) is 11.6 Å². The highest BCUT2D eigenvalue weighted by molar-refractivity contribution is 7.98. The highest BCUT2D eigenvalue weighted by atomic mass is 32.2.